The summed E-state index contributed by atoms with van der Waals surface area (Å²) >= 11 is 0. The SMILES string of the molecule is CCCCCCC[C@H](CC(=O)NCCCCCN=C(NC(=O)OC(C)(C)C)NC(=O)OC(C)(C)C)NC(=O)OCc1ccccc1. The zero-order chi connectivity index (χ0) is 34.4. The van der Waals surface area contributed by atoms with Crippen LogP contribution in [0.1, 0.15) is 118 Å². The van der Waals surface area contributed by atoms with Crippen LogP contribution >= 0.6 is 0 Å². The van der Waals surface area contributed by atoms with Crippen LogP contribution < -0.4 is 21.3 Å². The van der Waals surface area contributed by atoms with Crippen LogP contribution in [0.3, 0.4) is 0 Å². The Balaban J connectivity index is 2.52. The summed E-state index contributed by atoms with van der Waals surface area (Å²) < 4.78 is 15.9. The van der Waals surface area contributed by atoms with E-state index in [2.05, 4.69) is 33.2 Å². The van der Waals surface area contributed by atoms with Crippen LogP contribution in [-0.4, -0.2) is 60.5 Å². The summed E-state index contributed by atoms with van der Waals surface area (Å²) in [6.07, 6.45) is 6.40. The summed E-state index contributed by atoms with van der Waals surface area (Å²) in [4.78, 5) is 53.9. The highest BCUT2D eigenvalue weighted by atomic mass is 16.6. The summed E-state index contributed by atoms with van der Waals surface area (Å²) in [6.45, 7) is 13.5. The Labute approximate surface area is 275 Å². The monoisotopic (exact) mass is 647 g/mol. The third kappa shape index (κ3) is 22.6. The van der Waals surface area contributed by atoms with E-state index in [0.29, 0.717) is 32.4 Å². The minimum Gasteiger partial charge on any atom is -0.445 e. The Bertz CT molecular complexity index is 1050. The molecule has 4 N–H and O–H groups in total. The van der Waals surface area contributed by atoms with Crippen molar-refractivity contribution in [1.82, 2.24) is 21.3 Å². The Kier molecular flexibility index (Phi) is 19.1. The maximum absolute atomic E-state index is 12.7. The van der Waals surface area contributed by atoms with E-state index in [1.165, 1.54) is 6.42 Å². The molecule has 0 heterocycles. The maximum atomic E-state index is 12.7. The molecule has 1 aromatic carbocycles. The van der Waals surface area contributed by atoms with Crippen molar-refractivity contribution in [2.24, 2.45) is 4.99 Å². The van der Waals surface area contributed by atoms with Gasteiger partial charge in [-0.05, 0) is 72.8 Å². The van der Waals surface area contributed by atoms with Crippen molar-refractivity contribution < 1.29 is 33.4 Å². The number of unbranched alkanes of at least 4 members (excludes halogenated alkanes) is 6. The van der Waals surface area contributed by atoms with E-state index in [4.69, 9.17) is 14.2 Å². The Morgan fingerprint density at radius 2 is 1.35 bits per heavy atom. The van der Waals surface area contributed by atoms with Gasteiger partial charge in [0.2, 0.25) is 11.9 Å². The van der Waals surface area contributed by atoms with Gasteiger partial charge in [-0.25, -0.2) is 14.4 Å². The molecule has 260 valence electrons. The quantitative estimate of drug-likeness (QED) is 0.0632. The van der Waals surface area contributed by atoms with Crippen LogP contribution in [0.15, 0.2) is 35.3 Å². The highest BCUT2D eigenvalue weighted by Crippen LogP contribution is 2.11. The van der Waals surface area contributed by atoms with Crippen molar-refractivity contribution in [2.75, 3.05) is 13.1 Å². The Hall–Kier alpha value is -3.83. The van der Waals surface area contributed by atoms with Gasteiger partial charge in [0.1, 0.15) is 17.8 Å². The van der Waals surface area contributed by atoms with Gasteiger partial charge < -0.3 is 24.8 Å². The summed E-state index contributed by atoms with van der Waals surface area (Å²) in [7, 11) is 0. The number of hydrogen-bond acceptors (Lipinski definition) is 8. The van der Waals surface area contributed by atoms with Crippen molar-refractivity contribution in [2.45, 2.75) is 137 Å². The number of alkyl carbamates (subject to hydrolysis) is 3. The molecule has 1 rings (SSSR count). The van der Waals surface area contributed by atoms with Gasteiger partial charge in [0.25, 0.3) is 0 Å². The number of hydrogen-bond donors (Lipinski definition) is 4. The maximum Gasteiger partial charge on any atom is 0.414 e. The predicted molar refractivity (Wildman–Crippen MR) is 179 cm³/mol. The lowest BCUT2D eigenvalue weighted by molar-refractivity contribution is -0.121. The van der Waals surface area contributed by atoms with E-state index in [0.717, 1.165) is 37.7 Å². The molecule has 46 heavy (non-hydrogen) atoms. The molecular formula is C34H57N5O7. The lowest BCUT2D eigenvalue weighted by Crippen LogP contribution is -2.47. The second kappa shape index (κ2) is 21.8. The number of carbonyl (C=O) groups excluding carboxylic acids is 4. The van der Waals surface area contributed by atoms with Gasteiger partial charge in [-0.1, -0.05) is 69.4 Å². The van der Waals surface area contributed by atoms with Gasteiger partial charge in [-0.15, -0.1) is 0 Å². The minimum absolute atomic E-state index is 0.0627. The Morgan fingerprint density at radius 3 is 1.93 bits per heavy atom. The zero-order valence-electron chi connectivity index (χ0n) is 29.0. The van der Waals surface area contributed by atoms with Crippen LogP contribution in [0, 0.1) is 0 Å². The third-order valence-electron chi connectivity index (χ3n) is 6.29. The normalized spacial score (nSPS) is 11.9. The molecule has 4 amide bonds. The predicted octanol–water partition coefficient (Wildman–Crippen LogP) is 6.72. The number of nitrogens with one attached hydrogen (secondary N) is 4. The topological polar surface area (TPSA) is 156 Å². The van der Waals surface area contributed by atoms with Crippen molar-refractivity contribution in [1.29, 1.82) is 0 Å². The summed E-state index contributed by atoms with van der Waals surface area (Å²) in [5.74, 6) is -0.197. The number of carbonyl (C=O) groups is 4. The lowest BCUT2D eigenvalue weighted by Gasteiger charge is -2.22. The molecular weight excluding hydrogens is 590 g/mol. The Morgan fingerprint density at radius 1 is 0.761 bits per heavy atom. The molecule has 12 nitrogen and oxygen atoms in total. The number of ether oxygens (including phenoxy) is 3. The largest absolute Gasteiger partial charge is 0.445 e. The standard InChI is InChI=1S/C34H57N5O7/c1-8-9-10-11-16-21-27(37-30(41)44-25-26-19-14-12-15-20-26)24-28(40)35-22-17-13-18-23-36-29(38-31(42)45-33(2,3)4)39-32(43)46-34(5,6)7/h12,14-15,19-20,27H,8-11,13,16-18,21-25H2,1-7H3,(H,35,40)(H,37,41)(H2,36,38,39,42,43)/t27-/m1/s1. The van der Waals surface area contributed by atoms with Crippen LogP contribution in [-0.2, 0) is 25.6 Å². The van der Waals surface area contributed by atoms with E-state index in [9.17, 15) is 19.2 Å². The number of benzene rings is 1. The molecule has 0 aliphatic heterocycles. The molecule has 0 aliphatic rings. The summed E-state index contributed by atoms with van der Waals surface area (Å²) in [5, 5.41) is 10.7. The van der Waals surface area contributed by atoms with Gasteiger partial charge in [-0.2, -0.15) is 0 Å². The van der Waals surface area contributed by atoms with Crippen LogP contribution in [0.25, 0.3) is 0 Å². The fourth-order valence-corrected chi connectivity index (χ4v) is 4.19. The molecule has 0 saturated heterocycles. The molecule has 0 fully saturated rings. The highest BCUT2D eigenvalue weighted by Gasteiger charge is 2.21. The average molecular weight is 648 g/mol. The molecule has 0 saturated carbocycles. The third-order valence-corrected chi connectivity index (χ3v) is 6.29. The van der Waals surface area contributed by atoms with Crippen LogP contribution in [0.4, 0.5) is 14.4 Å². The second-order valence-corrected chi connectivity index (χ2v) is 13.2. The first-order valence-corrected chi connectivity index (χ1v) is 16.4. The van der Waals surface area contributed by atoms with E-state index < -0.39 is 29.5 Å². The second-order valence-electron chi connectivity index (χ2n) is 13.2. The fraction of sp³-hybridized carbons (Fsp3) is 0.676. The van der Waals surface area contributed by atoms with E-state index in [-0.39, 0.29) is 30.9 Å². The first-order chi connectivity index (χ1) is 21.7. The van der Waals surface area contributed by atoms with Crippen molar-refractivity contribution in [3.63, 3.8) is 0 Å². The molecule has 0 aliphatic carbocycles. The molecule has 1 aromatic rings. The highest BCUT2D eigenvalue weighted by molar-refractivity contribution is 6.01. The molecule has 12 heteroatoms. The van der Waals surface area contributed by atoms with Crippen LogP contribution in [0.2, 0.25) is 0 Å². The van der Waals surface area contributed by atoms with E-state index >= 15 is 0 Å². The first-order valence-electron chi connectivity index (χ1n) is 16.4. The van der Waals surface area contributed by atoms with E-state index in [1.807, 2.05) is 30.3 Å². The van der Waals surface area contributed by atoms with Gasteiger partial charge >= 0.3 is 18.3 Å². The van der Waals surface area contributed by atoms with Gasteiger partial charge in [0.05, 0.1) is 0 Å². The van der Waals surface area contributed by atoms with Crippen molar-refractivity contribution in [3.05, 3.63) is 35.9 Å². The van der Waals surface area contributed by atoms with Gasteiger partial charge in [0, 0.05) is 25.6 Å². The van der Waals surface area contributed by atoms with E-state index in [1.54, 1.807) is 41.5 Å². The number of aliphatic imine (C=N–C) groups is 1. The smallest absolute Gasteiger partial charge is 0.414 e. The van der Waals surface area contributed by atoms with Crippen molar-refractivity contribution >= 4 is 30.1 Å². The average Bonchev–Trinajstić information content (AvgIpc) is 2.93. The molecule has 0 radical (unpaired) electrons. The lowest BCUT2D eigenvalue weighted by atomic mass is 10.0. The molecule has 1 atom stereocenters. The zero-order valence-corrected chi connectivity index (χ0v) is 29.0. The molecule has 0 unspecified atom stereocenters. The summed E-state index contributed by atoms with van der Waals surface area (Å²) in [6, 6.07) is 9.14. The van der Waals surface area contributed by atoms with Crippen molar-refractivity contribution in [3.8, 4) is 0 Å². The number of nitrogens with zero attached hydrogens (tertiary/aromatic N) is 1. The van der Waals surface area contributed by atoms with Crippen LogP contribution in [0.5, 0.6) is 0 Å². The fourth-order valence-electron chi connectivity index (χ4n) is 4.19. The van der Waals surface area contributed by atoms with Gasteiger partial charge in [-0.3, -0.25) is 20.4 Å². The first kappa shape index (κ1) is 40.2. The minimum atomic E-state index is -0.747. The number of guanidine groups is 1. The number of rotatable bonds is 17. The molecule has 0 bridgehead atoms. The molecule has 0 aromatic heterocycles. The van der Waals surface area contributed by atoms with Gasteiger partial charge in [0.15, 0.2) is 0 Å². The summed E-state index contributed by atoms with van der Waals surface area (Å²) in [5.41, 5.74) is -0.545. The number of amides is 4. The molecule has 0 spiro atoms.